The van der Waals surface area contributed by atoms with Crippen LogP contribution < -0.4 is 5.32 Å². The van der Waals surface area contributed by atoms with Crippen molar-refractivity contribution in [2.24, 2.45) is 0 Å². The van der Waals surface area contributed by atoms with E-state index in [0.717, 1.165) is 22.4 Å². The number of hydrogen-bond donors (Lipinski definition) is 1. The molecule has 0 aliphatic carbocycles. The summed E-state index contributed by atoms with van der Waals surface area (Å²) >= 11 is 3.10. The third kappa shape index (κ3) is 3.95. The molecule has 0 aliphatic heterocycles. The van der Waals surface area contributed by atoms with Gasteiger partial charge in [-0.25, -0.2) is 0 Å². The molecule has 0 unspecified atom stereocenters. The van der Waals surface area contributed by atoms with Crippen LogP contribution in [0.2, 0.25) is 0 Å². The summed E-state index contributed by atoms with van der Waals surface area (Å²) in [6, 6.07) is 0. The highest BCUT2D eigenvalue weighted by Crippen LogP contribution is 2.27. The van der Waals surface area contributed by atoms with Crippen LogP contribution in [0.4, 0.5) is 5.13 Å². The number of rotatable bonds is 7. The maximum absolute atomic E-state index is 5.29. The number of aromatic nitrogens is 4. The van der Waals surface area contributed by atoms with Crippen LogP contribution in [-0.2, 0) is 5.75 Å². The van der Waals surface area contributed by atoms with Crippen LogP contribution in [-0.4, -0.2) is 26.9 Å². The van der Waals surface area contributed by atoms with Crippen LogP contribution in [0.15, 0.2) is 8.76 Å². The zero-order valence-electron chi connectivity index (χ0n) is 10.3. The molecule has 0 fully saturated rings. The first kappa shape index (κ1) is 13.3. The summed E-state index contributed by atoms with van der Waals surface area (Å²) in [4.78, 5) is 0. The molecule has 0 spiro atoms. The fraction of sp³-hybridized carbons (Fsp3) is 0.600. The first-order chi connectivity index (χ1) is 8.78. The molecule has 0 saturated carbocycles. The summed E-state index contributed by atoms with van der Waals surface area (Å²) < 4.78 is 6.20. The number of nitrogens with zero attached hydrogens (tertiary/aromatic N) is 4. The van der Waals surface area contributed by atoms with Gasteiger partial charge in [0.15, 0.2) is 4.34 Å². The van der Waals surface area contributed by atoms with Crippen LogP contribution in [0.5, 0.6) is 0 Å². The van der Waals surface area contributed by atoms with Gasteiger partial charge in [0.25, 0.3) is 0 Å². The summed E-state index contributed by atoms with van der Waals surface area (Å²) in [5.74, 6) is 1.84. The van der Waals surface area contributed by atoms with Crippen molar-refractivity contribution in [3.63, 3.8) is 0 Å². The molecular weight excluding hydrogens is 270 g/mol. The molecule has 1 N–H and O–H groups in total. The SMILES string of the molecule is CCCCNc1nnc(SCc2nnc(C)o2)s1. The Morgan fingerprint density at radius 3 is 2.89 bits per heavy atom. The van der Waals surface area contributed by atoms with Crippen LogP contribution in [0, 0.1) is 6.92 Å². The normalized spacial score (nSPS) is 10.8. The smallest absolute Gasteiger partial charge is 0.226 e. The molecule has 6 nitrogen and oxygen atoms in total. The Kier molecular flexibility index (Phi) is 4.94. The van der Waals surface area contributed by atoms with E-state index in [2.05, 4.69) is 32.6 Å². The highest BCUT2D eigenvalue weighted by molar-refractivity contribution is 8.00. The third-order valence-corrected chi connectivity index (χ3v) is 4.10. The molecule has 98 valence electrons. The molecule has 0 radical (unpaired) electrons. The van der Waals surface area contributed by atoms with Gasteiger partial charge in [0, 0.05) is 13.5 Å². The molecule has 0 amide bonds. The summed E-state index contributed by atoms with van der Waals surface area (Å²) in [7, 11) is 0. The van der Waals surface area contributed by atoms with Gasteiger partial charge < -0.3 is 9.73 Å². The molecule has 0 aromatic carbocycles. The van der Waals surface area contributed by atoms with E-state index in [9.17, 15) is 0 Å². The first-order valence-corrected chi connectivity index (χ1v) is 7.57. The van der Waals surface area contributed by atoms with Crippen molar-refractivity contribution in [3.8, 4) is 0 Å². The summed E-state index contributed by atoms with van der Waals surface area (Å²) in [5.41, 5.74) is 0. The highest BCUT2D eigenvalue weighted by Gasteiger charge is 2.07. The van der Waals surface area contributed by atoms with E-state index >= 15 is 0 Å². The molecular formula is C10H15N5OS2. The predicted octanol–water partition coefficient (Wildman–Crippen LogP) is 2.73. The Balaban J connectivity index is 1.79. The standard InChI is InChI=1S/C10H15N5OS2/c1-3-4-5-11-9-14-15-10(18-9)17-6-8-13-12-7(2)16-8/h3-6H2,1-2H3,(H,11,14). The van der Waals surface area contributed by atoms with Crippen LogP contribution in [0.25, 0.3) is 0 Å². The molecule has 0 saturated heterocycles. The van der Waals surface area contributed by atoms with Crippen LogP contribution >= 0.6 is 23.1 Å². The average molecular weight is 285 g/mol. The number of hydrogen-bond acceptors (Lipinski definition) is 8. The second-order valence-corrected chi connectivity index (χ2v) is 5.86. The van der Waals surface area contributed by atoms with E-state index in [1.54, 1.807) is 30.0 Å². The van der Waals surface area contributed by atoms with Crippen molar-refractivity contribution >= 4 is 28.2 Å². The van der Waals surface area contributed by atoms with Crippen molar-refractivity contribution < 1.29 is 4.42 Å². The van der Waals surface area contributed by atoms with Gasteiger partial charge >= 0.3 is 0 Å². The van der Waals surface area contributed by atoms with Gasteiger partial charge in [-0.3, -0.25) is 0 Å². The van der Waals surface area contributed by atoms with Crippen molar-refractivity contribution in [3.05, 3.63) is 11.8 Å². The second-order valence-electron chi connectivity index (χ2n) is 3.66. The van der Waals surface area contributed by atoms with E-state index in [1.807, 2.05) is 0 Å². The zero-order valence-corrected chi connectivity index (χ0v) is 12.0. The van der Waals surface area contributed by atoms with Gasteiger partial charge in [0.1, 0.15) is 0 Å². The molecule has 18 heavy (non-hydrogen) atoms. The second kappa shape index (κ2) is 6.69. The lowest BCUT2D eigenvalue weighted by Crippen LogP contribution is -1.99. The minimum Gasteiger partial charge on any atom is -0.425 e. The number of anilines is 1. The van der Waals surface area contributed by atoms with Crippen molar-refractivity contribution in [1.82, 2.24) is 20.4 Å². The van der Waals surface area contributed by atoms with E-state index < -0.39 is 0 Å². The Morgan fingerprint density at radius 1 is 1.28 bits per heavy atom. The minimum atomic E-state index is 0.588. The molecule has 0 bridgehead atoms. The lowest BCUT2D eigenvalue weighted by Gasteiger charge is -1.97. The highest BCUT2D eigenvalue weighted by atomic mass is 32.2. The van der Waals surface area contributed by atoms with Gasteiger partial charge in [0.2, 0.25) is 16.9 Å². The van der Waals surface area contributed by atoms with Crippen LogP contribution in [0.1, 0.15) is 31.5 Å². The Labute approximate surface area is 114 Å². The molecule has 0 atom stereocenters. The summed E-state index contributed by atoms with van der Waals surface area (Å²) in [6.07, 6.45) is 2.31. The Hall–Kier alpha value is -1.15. The maximum Gasteiger partial charge on any atom is 0.226 e. The van der Waals surface area contributed by atoms with Crippen LogP contribution in [0.3, 0.4) is 0 Å². The number of aryl methyl sites for hydroxylation is 1. The molecule has 2 rings (SSSR count). The van der Waals surface area contributed by atoms with Gasteiger partial charge in [-0.15, -0.1) is 20.4 Å². The number of thioether (sulfide) groups is 1. The monoisotopic (exact) mass is 285 g/mol. The summed E-state index contributed by atoms with van der Waals surface area (Å²) in [6.45, 7) is 4.88. The quantitative estimate of drug-likeness (QED) is 0.619. The first-order valence-electron chi connectivity index (χ1n) is 5.77. The van der Waals surface area contributed by atoms with Gasteiger partial charge in [0.05, 0.1) is 5.75 Å². The fourth-order valence-electron chi connectivity index (χ4n) is 1.23. The van der Waals surface area contributed by atoms with E-state index in [1.165, 1.54) is 6.42 Å². The van der Waals surface area contributed by atoms with Crippen molar-refractivity contribution in [2.75, 3.05) is 11.9 Å². The van der Waals surface area contributed by atoms with Gasteiger partial charge in [-0.1, -0.05) is 36.4 Å². The molecule has 2 aromatic rings. The Morgan fingerprint density at radius 2 is 2.17 bits per heavy atom. The minimum absolute atomic E-state index is 0.588. The molecule has 0 aliphatic rings. The number of unbranched alkanes of at least 4 members (excludes halogenated alkanes) is 1. The largest absolute Gasteiger partial charge is 0.425 e. The van der Waals surface area contributed by atoms with Crippen molar-refractivity contribution in [1.29, 1.82) is 0 Å². The Bertz CT molecular complexity index is 484. The lowest BCUT2D eigenvalue weighted by atomic mass is 10.3. The summed E-state index contributed by atoms with van der Waals surface area (Å²) in [5, 5.41) is 20.0. The van der Waals surface area contributed by atoms with E-state index in [-0.39, 0.29) is 0 Å². The fourth-order valence-corrected chi connectivity index (χ4v) is 2.85. The lowest BCUT2D eigenvalue weighted by molar-refractivity contribution is 0.485. The van der Waals surface area contributed by atoms with E-state index in [0.29, 0.717) is 17.5 Å². The maximum atomic E-state index is 5.29. The molecule has 2 aromatic heterocycles. The molecule has 8 heteroatoms. The topological polar surface area (TPSA) is 76.7 Å². The van der Waals surface area contributed by atoms with E-state index in [4.69, 9.17) is 4.42 Å². The average Bonchev–Trinajstić information content (AvgIpc) is 2.96. The molecule has 2 heterocycles. The van der Waals surface area contributed by atoms with Gasteiger partial charge in [-0.05, 0) is 6.42 Å². The van der Waals surface area contributed by atoms with Crippen molar-refractivity contribution in [2.45, 2.75) is 36.8 Å². The zero-order chi connectivity index (χ0) is 12.8. The van der Waals surface area contributed by atoms with Gasteiger partial charge in [-0.2, -0.15) is 0 Å². The third-order valence-electron chi connectivity index (χ3n) is 2.10. The number of nitrogens with one attached hydrogen (secondary N) is 1. The predicted molar refractivity (Wildman–Crippen MR) is 71.9 cm³/mol.